The van der Waals surface area contributed by atoms with Gasteiger partial charge in [0, 0.05) is 7.05 Å². The first-order valence-electron chi connectivity index (χ1n) is 4.99. The van der Waals surface area contributed by atoms with Crippen LogP contribution in [0, 0.1) is 0 Å². The smallest absolute Gasteiger partial charge is 0.265 e. The quantitative estimate of drug-likeness (QED) is 0.456. The number of likely N-dealkylation sites (N-methyl/N-ethyl adjacent to an activating group) is 1. The van der Waals surface area contributed by atoms with Crippen molar-refractivity contribution in [1.29, 1.82) is 0 Å². The van der Waals surface area contributed by atoms with E-state index in [1.54, 1.807) is 6.08 Å². The molecule has 0 atom stereocenters. The molecule has 1 aliphatic rings. The van der Waals surface area contributed by atoms with E-state index < -0.39 is 5.91 Å². The number of carbonyl (C=O) groups excluding carboxylic acids is 2. The van der Waals surface area contributed by atoms with Crippen molar-refractivity contribution in [3.8, 4) is 0 Å². The van der Waals surface area contributed by atoms with Gasteiger partial charge in [0.25, 0.3) is 11.8 Å². The van der Waals surface area contributed by atoms with E-state index in [4.69, 9.17) is 12.2 Å². The van der Waals surface area contributed by atoms with E-state index in [2.05, 4.69) is 5.32 Å². The molecule has 0 spiro atoms. The Hall–Kier alpha value is -2.01. The van der Waals surface area contributed by atoms with Crippen molar-refractivity contribution in [2.24, 2.45) is 0 Å². The normalized spacial score (nSPS) is 18.5. The van der Waals surface area contributed by atoms with Crippen LogP contribution < -0.4 is 5.32 Å². The minimum Gasteiger partial charge on any atom is -0.298 e. The van der Waals surface area contributed by atoms with E-state index >= 15 is 0 Å². The van der Waals surface area contributed by atoms with E-state index in [1.165, 1.54) is 11.9 Å². The van der Waals surface area contributed by atoms with Crippen LogP contribution in [0.3, 0.4) is 0 Å². The number of nitrogens with one attached hydrogen (secondary N) is 1. The summed E-state index contributed by atoms with van der Waals surface area (Å²) in [5.41, 5.74) is 0.888. The van der Waals surface area contributed by atoms with Crippen LogP contribution in [-0.2, 0) is 9.59 Å². The lowest BCUT2D eigenvalue weighted by molar-refractivity contribution is -0.128. The van der Waals surface area contributed by atoms with Crippen molar-refractivity contribution < 1.29 is 9.59 Å². The molecule has 1 fully saturated rings. The summed E-state index contributed by atoms with van der Waals surface area (Å²) in [6.07, 6.45) is 1.55. The Morgan fingerprint density at radius 1 is 1.24 bits per heavy atom. The zero-order chi connectivity index (χ0) is 12.4. The highest BCUT2D eigenvalue weighted by Gasteiger charge is 2.30. The van der Waals surface area contributed by atoms with Gasteiger partial charge in [0.1, 0.15) is 5.57 Å². The third kappa shape index (κ3) is 2.24. The fourth-order valence-electron chi connectivity index (χ4n) is 1.46. The van der Waals surface area contributed by atoms with Crippen LogP contribution in [-0.4, -0.2) is 28.9 Å². The highest BCUT2D eigenvalue weighted by Crippen LogP contribution is 2.12. The van der Waals surface area contributed by atoms with Gasteiger partial charge in [0.15, 0.2) is 5.11 Å². The van der Waals surface area contributed by atoms with E-state index in [9.17, 15) is 9.59 Å². The van der Waals surface area contributed by atoms with E-state index in [-0.39, 0.29) is 16.6 Å². The van der Waals surface area contributed by atoms with Gasteiger partial charge in [-0.3, -0.25) is 19.8 Å². The van der Waals surface area contributed by atoms with Crippen LogP contribution in [0.1, 0.15) is 5.56 Å². The molecule has 1 aromatic rings. The Labute approximate surface area is 104 Å². The minimum absolute atomic E-state index is 0.0901. The van der Waals surface area contributed by atoms with Gasteiger partial charge in [0.05, 0.1) is 0 Å². The van der Waals surface area contributed by atoms with E-state index in [0.29, 0.717) is 0 Å². The Morgan fingerprint density at radius 2 is 1.88 bits per heavy atom. The summed E-state index contributed by atoms with van der Waals surface area (Å²) in [6, 6.07) is 9.19. The molecular weight excluding hydrogens is 236 g/mol. The molecule has 0 aromatic heterocycles. The number of carbonyl (C=O) groups is 2. The van der Waals surface area contributed by atoms with Crippen molar-refractivity contribution in [1.82, 2.24) is 10.2 Å². The summed E-state index contributed by atoms with van der Waals surface area (Å²) in [7, 11) is 1.53. The maximum Gasteiger partial charge on any atom is 0.265 e. The number of rotatable bonds is 1. The third-order valence-corrected chi connectivity index (χ3v) is 2.79. The van der Waals surface area contributed by atoms with E-state index in [1.807, 2.05) is 30.3 Å². The fourth-order valence-corrected chi connectivity index (χ4v) is 1.64. The largest absolute Gasteiger partial charge is 0.298 e. The van der Waals surface area contributed by atoms with Gasteiger partial charge in [-0.2, -0.15) is 0 Å². The first kappa shape index (κ1) is 11.5. The maximum absolute atomic E-state index is 11.9. The van der Waals surface area contributed by atoms with Crippen LogP contribution >= 0.6 is 12.2 Å². The van der Waals surface area contributed by atoms with Gasteiger partial charge in [-0.25, -0.2) is 0 Å². The van der Waals surface area contributed by atoms with Crippen molar-refractivity contribution in [3.05, 3.63) is 41.5 Å². The molecule has 5 heteroatoms. The fraction of sp³-hybridized carbons (Fsp3) is 0.0833. The van der Waals surface area contributed by atoms with Gasteiger partial charge in [-0.1, -0.05) is 30.3 Å². The predicted octanol–water partition coefficient (Wildman–Crippen LogP) is 0.943. The molecule has 0 unspecified atom stereocenters. The second-order valence-electron chi connectivity index (χ2n) is 3.59. The molecule has 0 bridgehead atoms. The number of thiocarbonyl (C=S) groups is 1. The molecule has 1 saturated heterocycles. The van der Waals surface area contributed by atoms with Gasteiger partial charge in [-0.15, -0.1) is 0 Å². The summed E-state index contributed by atoms with van der Waals surface area (Å²) < 4.78 is 0. The first-order chi connectivity index (χ1) is 8.09. The summed E-state index contributed by atoms with van der Waals surface area (Å²) >= 11 is 4.85. The van der Waals surface area contributed by atoms with Gasteiger partial charge < -0.3 is 0 Å². The van der Waals surface area contributed by atoms with Crippen molar-refractivity contribution in [2.45, 2.75) is 0 Å². The van der Waals surface area contributed by atoms with Gasteiger partial charge in [0.2, 0.25) is 0 Å². The molecule has 1 heterocycles. The SMILES string of the molecule is CN1C(=O)/C(=C/c2ccccc2)C(=O)NC1=S. The lowest BCUT2D eigenvalue weighted by Gasteiger charge is -2.24. The minimum atomic E-state index is -0.457. The average Bonchev–Trinajstić information content (AvgIpc) is 2.33. The predicted molar refractivity (Wildman–Crippen MR) is 67.9 cm³/mol. The van der Waals surface area contributed by atoms with Gasteiger partial charge >= 0.3 is 0 Å². The summed E-state index contributed by atoms with van der Waals surface area (Å²) in [5, 5.41) is 2.59. The van der Waals surface area contributed by atoms with Crippen LogP contribution in [0.15, 0.2) is 35.9 Å². The lowest BCUT2D eigenvalue weighted by Crippen LogP contribution is -2.52. The molecule has 1 aliphatic heterocycles. The number of hydrogen-bond donors (Lipinski definition) is 1. The van der Waals surface area contributed by atoms with Crippen molar-refractivity contribution in [2.75, 3.05) is 7.05 Å². The summed E-state index contributed by atoms with van der Waals surface area (Å²) in [4.78, 5) is 24.8. The number of amides is 2. The van der Waals surface area contributed by atoms with Crippen LogP contribution in [0.4, 0.5) is 0 Å². The molecule has 2 rings (SSSR count). The average molecular weight is 246 g/mol. The molecule has 1 N–H and O–H groups in total. The number of nitrogens with zero attached hydrogens (tertiary/aromatic N) is 1. The molecule has 0 aliphatic carbocycles. The molecule has 0 radical (unpaired) electrons. The molecular formula is C12H10N2O2S. The van der Waals surface area contributed by atoms with Crippen molar-refractivity contribution in [3.63, 3.8) is 0 Å². The second-order valence-corrected chi connectivity index (χ2v) is 3.98. The maximum atomic E-state index is 11.9. The monoisotopic (exact) mass is 246 g/mol. The molecule has 4 nitrogen and oxygen atoms in total. The molecule has 17 heavy (non-hydrogen) atoms. The Kier molecular flexibility index (Phi) is 3.01. The highest BCUT2D eigenvalue weighted by molar-refractivity contribution is 7.80. The highest BCUT2D eigenvalue weighted by atomic mass is 32.1. The Balaban J connectivity index is 2.38. The standard InChI is InChI=1S/C12H10N2O2S/c1-14-11(16)9(10(15)13-12(14)17)7-8-5-3-2-4-6-8/h2-7H,1H3,(H,13,15,17)/b9-7+. The number of benzene rings is 1. The van der Waals surface area contributed by atoms with Gasteiger partial charge in [-0.05, 0) is 23.9 Å². The number of hydrogen-bond acceptors (Lipinski definition) is 3. The van der Waals surface area contributed by atoms with Crippen LogP contribution in [0.5, 0.6) is 0 Å². The summed E-state index contributed by atoms with van der Waals surface area (Å²) in [6.45, 7) is 0. The topological polar surface area (TPSA) is 49.4 Å². The first-order valence-corrected chi connectivity index (χ1v) is 5.40. The summed E-state index contributed by atoms with van der Waals surface area (Å²) in [5.74, 6) is -0.843. The van der Waals surface area contributed by atoms with E-state index in [0.717, 1.165) is 5.56 Å². The second kappa shape index (κ2) is 4.47. The zero-order valence-corrected chi connectivity index (χ0v) is 9.95. The van der Waals surface area contributed by atoms with Crippen LogP contribution in [0.25, 0.3) is 6.08 Å². The molecule has 0 saturated carbocycles. The molecule has 2 amide bonds. The zero-order valence-electron chi connectivity index (χ0n) is 9.14. The van der Waals surface area contributed by atoms with Crippen molar-refractivity contribution >= 4 is 35.2 Å². The molecule has 86 valence electrons. The lowest BCUT2D eigenvalue weighted by atomic mass is 10.1. The Morgan fingerprint density at radius 3 is 2.53 bits per heavy atom. The Bertz CT molecular complexity index is 523. The third-order valence-electron chi connectivity index (χ3n) is 2.42. The van der Waals surface area contributed by atoms with Crippen LogP contribution in [0.2, 0.25) is 0 Å². The molecule has 1 aromatic carbocycles.